The third-order valence-electron chi connectivity index (χ3n) is 4.05. The first-order valence-electron chi connectivity index (χ1n) is 6.71. The summed E-state index contributed by atoms with van der Waals surface area (Å²) in [6.07, 6.45) is 7.76. The van der Waals surface area contributed by atoms with Crippen molar-refractivity contribution in [3.63, 3.8) is 0 Å². The first-order valence-corrected chi connectivity index (χ1v) is 6.71. The van der Waals surface area contributed by atoms with Crippen molar-refractivity contribution in [2.24, 2.45) is 5.92 Å². The molecule has 4 heteroatoms. The van der Waals surface area contributed by atoms with Crippen molar-refractivity contribution in [1.29, 1.82) is 0 Å². The van der Waals surface area contributed by atoms with Crippen molar-refractivity contribution >= 4 is 11.9 Å². The first kappa shape index (κ1) is 12.4. The number of piperidine rings is 1. The van der Waals surface area contributed by atoms with E-state index in [4.69, 9.17) is 5.11 Å². The summed E-state index contributed by atoms with van der Waals surface area (Å²) in [6.45, 7) is 0.628. The van der Waals surface area contributed by atoms with Crippen molar-refractivity contribution in [3.05, 3.63) is 0 Å². The van der Waals surface area contributed by atoms with Gasteiger partial charge in [-0.1, -0.05) is 12.8 Å². The van der Waals surface area contributed by atoms with Crippen LogP contribution in [0.3, 0.4) is 0 Å². The molecule has 1 saturated carbocycles. The van der Waals surface area contributed by atoms with Crippen LogP contribution in [0, 0.1) is 5.92 Å². The van der Waals surface area contributed by atoms with Gasteiger partial charge in [0.1, 0.15) is 6.04 Å². The van der Waals surface area contributed by atoms with Gasteiger partial charge in [0, 0.05) is 13.0 Å². The van der Waals surface area contributed by atoms with Gasteiger partial charge in [-0.3, -0.25) is 4.79 Å². The van der Waals surface area contributed by atoms with Crippen LogP contribution in [-0.2, 0) is 9.59 Å². The molecule has 0 radical (unpaired) electrons. The quantitative estimate of drug-likeness (QED) is 0.819. The van der Waals surface area contributed by atoms with Crippen LogP contribution in [0.2, 0.25) is 0 Å². The monoisotopic (exact) mass is 239 g/mol. The molecule has 0 aromatic heterocycles. The average molecular weight is 239 g/mol. The number of amides is 1. The second-order valence-electron chi connectivity index (χ2n) is 5.29. The Morgan fingerprint density at radius 1 is 1.06 bits per heavy atom. The summed E-state index contributed by atoms with van der Waals surface area (Å²) in [5.74, 6) is -0.285. The SMILES string of the molecule is O=C(O)[C@@H]1CCCCN1C(=O)CC1CCCC1. The first-order chi connectivity index (χ1) is 8.18. The van der Waals surface area contributed by atoms with Crippen molar-refractivity contribution < 1.29 is 14.7 Å². The van der Waals surface area contributed by atoms with Crippen LogP contribution in [-0.4, -0.2) is 34.5 Å². The molecule has 4 nitrogen and oxygen atoms in total. The molecule has 2 fully saturated rings. The summed E-state index contributed by atoms with van der Waals surface area (Å²) < 4.78 is 0. The minimum atomic E-state index is -0.843. The molecule has 1 aliphatic carbocycles. The van der Waals surface area contributed by atoms with Gasteiger partial charge in [-0.15, -0.1) is 0 Å². The summed E-state index contributed by atoms with van der Waals surface area (Å²) in [5, 5.41) is 9.12. The zero-order valence-corrected chi connectivity index (χ0v) is 10.2. The highest BCUT2D eigenvalue weighted by Gasteiger charge is 2.33. The van der Waals surface area contributed by atoms with E-state index in [0.717, 1.165) is 25.7 Å². The maximum atomic E-state index is 12.1. The summed E-state index contributed by atoms with van der Waals surface area (Å²) in [5.41, 5.74) is 0. The van der Waals surface area contributed by atoms with E-state index in [9.17, 15) is 9.59 Å². The largest absolute Gasteiger partial charge is 0.480 e. The number of carbonyl (C=O) groups is 2. The maximum Gasteiger partial charge on any atom is 0.326 e. The Bertz CT molecular complexity index is 297. The predicted molar refractivity (Wildman–Crippen MR) is 63.6 cm³/mol. The smallest absolute Gasteiger partial charge is 0.326 e. The van der Waals surface area contributed by atoms with E-state index in [1.54, 1.807) is 4.90 Å². The van der Waals surface area contributed by atoms with Crippen LogP contribution in [0.15, 0.2) is 0 Å². The van der Waals surface area contributed by atoms with Crippen LogP contribution >= 0.6 is 0 Å². The molecule has 17 heavy (non-hydrogen) atoms. The topological polar surface area (TPSA) is 57.6 Å². The molecule has 2 aliphatic rings. The predicted octanol–water partition coefficient (Wildman–Crippen LogP) is 2.03. The van der Waals surface area contributed by atoms with E-state index < -0.39 is 12.0 Å². The number of aliphatic carboxylic acids is 1. The van der Waals surface area contributed by atoms with Crippen LogP contribution in [0.5, 0.6) is 0 Å². The lowest BCUT2D eigenvalue weighted by atomic mass is 9.98. The van der Waals surface area contributed by atoms with Gasteiger partial charge in [0.2, 0.25) is 5.91 Å². The van der Waals surface area contributed by atoms with Crippen LogP contribution in [0.25, 0.3) is 0 Å². The summed E-state index contributed by atoms with van der Waals surface area (Å²) in [7, 11) is 0. The number of carboxylic acids is 1. The number of carboxylic acid groups (broad SMARTS) is 1. The lowest BCUT2D eigenvalue weighted by molar-refractivity contribution is -0.152. The minimum Gasteiger partial charge on any atom is -0.480 e. The Balaban J connectivity index is 1.93. The molecular formula is C13H21NO3. The third kappa shape index (κ3) is 2.99. The minimum absolute atomic E-state index is 0.0593. The second kappa shape index (κ2) is 5.52. The van der Waals surface area contributed by atoms with Gasteiger partial charge >= 0.3 is 5.97 Å². The molecule has 0 aromatic rings. The van der Waals surface area contributed by atoms with Crippen LogP contribution < -0.4 is 0 Å². The standard InChI is InChI=1S/C13H21NO3/c15-12(9-10-5-1-2-6-10)14-8-4-3-7-11(14)13(16)17/h10-11H,1-9H2,(H,16,17)/t11-/m0/s1. The molecule has 1 amide bonds. The van der Waals surface area contributed by atoms with E-state index in [-0.39, 0.29) is 5.91 Å². The van der Waals surface area contributed by atoms with Crippen molar-refractivity contribution in [3.8, 4) is 0 Å². The van der Waals surface area contributed by atoms with Gasteiger partial charge in [-0.2, -0.15) is 0 Å². The number of hydrogen-bond donors (Lipinski definition) is 1. The van der Waals surface area contributed by atoms with Gasteiger partial charge in [0.05, 0.1) is 0 Å². The van der Waals surface area contributed by atoms with E-state index in [2.05, 4.69) is 0 Å². The Labute approximate surface area is 102 Å². The number of hydrogen-bond acceptors (Lipinski definition) is 2. The highest BCUT2D eigenvalue weighted by molar-refractivity contribution is 5.84. The maximum absolute atomic E-state index is 12.1. The lowest BCUT2D eigenvalue weighted by Crippen LogP contribution is -2.48. The zero-order chi connectivity index (χ0) is 12.3. The summed E-state index contributed by atoms with van der Waals surface area (Å²) in [6, 6.07) is -0.572. The fraction of sp³-hybridized carbons (Fsp3) is 0.846. The highest BCUT2D eigenvalue weighted by atomic mass is 16.4. The van der Waals surface area contributed by atoms with Gasteiger partial charge < -0.3 is 10.0 Å². The molecular weight excluding hydrogens is 218 g/mol. The average Bonchev–Trinajstić information content (AvgIpc) is 2.81. The molecule has 0 spiro atoms. The molecule has 2 rings (SSSR count). The molecule has 1 aliphatic heterocycles. The molecule has 0 bridgehead atoms. The van der Waals surface area contributed by atoms with Crippen molar-refractivity contribution in [2.45, 2.75) is 57.4 Å². The third-order valence-corrected chi connectivity index (χ3v) is 4.05. The molecule has 0 unspecified atom stereocenters. The van der Waals surface area contributed by atoms with Gasteiger partial charge in [0.15, 0.2) is 0 Å². The van der Waals surface area contributed by atoms with E-state index in [0.29, 0.717) is 25.3 Å². The van der Waals surface area contributed by atoms with E-state index in [1.807, 2.05) is 0 Å². The van der Waals surface area contributed by atoms with Crippen LogP contribution in [0.1, 0.15) is 51.4 Å². The fourth-order valence-corrected chi connectivity index (χ4v) is 3.07. The Hall–Kier alpha value is -1.06. The number of carbonyl (C=O) groups excluding carboxylic acids is 1. The van der Waals surface area contributed by atoms with Gasteiger partial charge in [-0.25, -0.2) is 4.79 Å². The normalized spacial score (nSPS) is 26.1. The van der Waals surface area contributed by atoms with E-state index in [1.165, 1.54) is 12.8 Å². The zero-order valence-electron chi connectivity index (χ0n) is 10.2. The molecule has 0 aromatic carbocycles. The molecule has 1 heterocycles. The number of nitrogens with zero attached hydrogens (tertiary/aromatic N) is 1. The van der Waals surface area contributed by atoms with Crippen molar-refractivity contribution in [1.82, 2.24) is 4.90 Å². The fourth-order valence-electron chi connectivity index (χ4n) is 3.07. The second-order valence-corrected chi connectivity index (χ2v) is 5.29. The molecule has 1 atom stereocenters. The lowest BCUT2D eigenvalue weighted by Gasteiger charge is -2.33. The van der Waals surface area contributed by atoms with Gasteiger partial charge in [-0.05, 0) is 38.0 Å². The molecule has 1 saturated heterocycles. The van der Waals surface area contributed by atoms with Gasteiger partial charge in [0.25, 0.3) is 0 Å². The van der Waals surface area contributed by atoms with Crippen LogP contribution in [0.4, 0.5) is 0 Å². The molecule has 1 N–H and O–H groups in total. The Kier molecular flexibility index (Phi) is 4.02. The Morgan fingerprint density at radius 2 is 1.71 bits per heavy atom. The highest BCUT2D eigenvalue weighted by Crippen LogP contribution is 2.29. The van der Waals surface area contributed by atoms with Crippen molar-refractivity contribution in [2.75, 3.05) is 6.54 Å². The Morgan fingerprint density at radius 3 is 2.35 bits per heavy atom. The number of likely N-dealkylation sites (tertiary alicyclic amines) is 1. The molecule has 96 valence electrons. The summed E-state index contributed by atoms with van der Waals surface area (Å²) in [4.78, 5) is 24.8. The van der Waals surface area contributed by atoms with E-state index >= 15 is 0 Å². The number of rotatable bonds is 3. The summed E-state index contributed by atoms with van der Waals surface area (Å²) >= 11 is 0.